The van der Waals surface area contributed by atoms with Gasteiger partial charge in [-0.1, -0.05) is 18.0 Å². The van der Waals surface area contributed by atoms with Crippen LogP contribution in [0.15, 0.2) is 12.3 Å². The lowest BCUT2D eigenvalue weighted by Gasteiger charge is -2.40. The first kappa shape index (κ1) is 11.9. The number of nitrogen functional groups attached to an aromatic ring is 1. The van der Waals surface area contributed by atoms with Gasteiger partial charge in [0, 0.05) is 17.5 Å². The topological polar surface area (TPSA) is 50.9 Å². The van der Waals surface area contributed by atoms with Crippen molar-refractivity contribution in [3.63, 3.8) is 0 Å². The van der Waals surface area contributed by atoms with Gasteiger partial charge in [0.05, 0.1) is 10.7 Å². The molecule has 1 saturated carbocycles. The maximum Gasteiger partial charge on any atom is 0.149 e. The Morgan fingerprint density at radius 3 is 2.88 bits per heavy atom. The molecule has 1 fully saturated rings. The predicted molar refractivity (Wildman–Crippen MR) is 72.2 cm³/mol. The van der Waals surface area contributed by atoms with E-state index in [1.165, 1.54) is 19.3 Å². The Labute approximate surface area is 105 Å². The Balaban J connectivity index is 1.99. The largest absolute Gasteiger partial charge is 0.396 e. The summed E-state index contributed by atoms with van der Waals surface area (Å²) in [6, 6.07) is 1.73. The molecule has 1 aromatic rings. The maximum atomic E-state index is 5.84. The van der Waals surface area contributed by atoms with Crippen LogP contribution in [-0.2, 0) is 0 Å². The minimum atomic E-state index is 0.383. The van der Waals surface area contributed by atoms with Crippen LogP contribution < -0.4 is 11.1 Å². The summed E-state index contributed by atoms with van der Waals surface area (Å²) < 4.78 is 0.383. The van der Waals surface area contributed by atoms with Crippen LogP contribution in [0.4, 0.5) is 11.5 Å². The quantitative estimate of drug-likeness (QED) is 0.871. The van der Waals surface area contributed by atoms with E-state index in [1.54, 1.807) is 12.3 Å². The van der Waals surface area contributed by atoms with Gasteiger partial charge < -0.3 is 11.1 Å². The second-order valence-corrected chi connectivity index (χ2v) is 5.90. The normalized spacial score (nSPS) is 17.9. The second kappa shape index (κ2) is 4.72. The molecule has 0 saturated heterocycles. The van der Waals surface area contributed by atoms with E-state index in [0.717, 1.165) is 12.4 Å². The molecule has 1 aromatic heterocycles. The van der Waals surface area contributed by atoms with Gasteiger partial charge >= 0.3 is 0 Å². The summed E-state index contributed by atoms with van der Waals surface area (Å²) in [5, 5.41) is 3.89. The molecule has 3 nitrogen and oxygen atoms in total. The number of nitrogens with two attached hydrogens (primary N) is 1. The number of anilines is 2. The number of halogens is 1. The van der Waals surface area contributed by atoms with Gasteiger partial charge in [-0.3, -0.25) is 0 Å². The van der Waals surface area contributed by atoms with Crippen molar-refractivity contribution in [2.24, 2.45) is 0 Å². The molecule has 1 aliphatic carbocycles. The molecule has 1 heterocycles. The van der Waals surface area contributed by atoms with Crippen LogP contribution in [-0.4, -0.2) is 22.5 Å². The summed E-state index contributed by atoms with van der Waals surface area (Å²) in [6.45, 7) is 0.924. The van der Waals surface area contributed by atoms with Crippen LogP contribution in [0.25, 0.3) is 0 Å². The number of thioether (sulfide) groups is 1. The first-order chi connectivity index (χ1) is 7.65. The summed E-state index contributed by atoms with van der Waals surface area (Å²) >= 11 is 7.73. The maximum absolute atomic E-state index is 5.84. The van der Waals surface area contributed by atoms with Crippen molar-refractivity contribution >= 4 is 34.9 Å². The smallest absolute Gasteiger partial charge is 0.149 e. The fraction of sp³-hybridized carbons (Fsp3) is 0.545. The van der Waals surface area contributed by atoms with E-state index < -0.39 is 0 Å². The average molecular weight is 258 g/mol. The first-order valence-electron chi connectivity index (χ1n) is 5.35. The van der Waals surface area contributed by atoms with Gasteiger partial charge in [0.1, 0.15) is 5.82 Å². The molecule has 0 radical (unpaired) electrons. The van der Waals surface area contributed by atoms with Gasteiger partial charge in [-0.15, -0.1) is 0 Å². The van der Waals surface area contributed by atoms with E-state index in [4.69, 9.17) is 17.3 Å². The Morgan fingerprint density at radius 1 is 1.62 bits per heavy atom. The van der Waals surface area contributed by atoms with Gasteiger partial charge in [0.2, 0.25) is 0 Å². The number of nitrogens with one attached hydrogen (secondary N) is 1. The lowest BCUT2D eigenvalue weighted by molar-refractivity contribution is 0.379. The van der Waals surface area contributed by atoms with E-state index in [2.05, 4.69) is 16.6 Å². The monoisotopic (exact) mass is 257 g/mol. The van der Waals surface area contributed by atoms with Gasteiger partial charge in [-0.05, 0) is 25.2 Å². The van der Waals surface area contributed by atoms with Crippen LogP contribution >= 0.6 is 23.4 Å². The number of rotatable bonds is 4. The molecule has 0 atom stereocenters. The highest BCUT2D eigenvalue weighted by atomic mass is 35.5. The van der Waals surface area contributed by atoms with Crippen molar-refractivity contribution in [3.8, 4) is 0 Å². The molecular weight excluding hydrogens is 242 g/mol. The predicted octanol–water partition coefficient (Wildman–Crippen LogP) is 3.01. The Hall–Kier alpha value is -0.610. The van der Waals surface area contributed by atoms with Crippen LogP contribution in [0.5, 0.6) is 0 Å². The van der Waals surface area contributed by atoms with Crippen LogP contribution in [0.1, 0.15) is 19.3 Å². The van der Waals surface area contributed by atoms with Crippen molar-refractivity contribution in [1.29, 1.82) is 0 Å². The van der Waals surface area contributed by atoms with Gasteiger partial charge in [-0.25, -0.2) is 4.98 Å². The minimum absolute atomic E-state index is 0.383. The fourth-order valence-corrected chi connectivity index (χ4v) is 2.95. The highest BCUT2D eigenvalue weighted by Crippen LogP contribution is 2.42. The van der Waals surface area contributed by atoms with Crippen molar-refractivity contribution < 1.29 is 0 Å². The van der Waals surface area contributed by atoms with Crippen molar-refractivity contribution in [3.05, 3.63) is 17.3 Å². The van der Waals surface area contributed by atoms with E-state index in [-0.39, 0.29) is 0 Å². The average Bonchev–Trinajstić information content (AvgIpc) is 2.19. The molecule has 0 unspecified atom stereocenters. The molecular formula is C11H16ClN3S. The summed E-state index contributed by atoms with van der Waals surface area (Å²) in [7, 11) is 0. The number of nitrogens with zero attached hydrogens (tertiary/aromatic N) is 1. The third kappa shape index (κ3) is 2.38. The third-order valence-corrected chi connectivity index (χ3v) is 4.78. The van der Waals surface area contributed by atoms with Crippen LogP contribution in [0.3, 0.4) is 0 Å². The van der Waals surface area contributed by atoms with Gasteiger partial charge in [-0.2, -0.15) is 11.8 Å². The highest BCUT2D eigenvalue weighted by Gasteiger charge is 2.35. The molecule has 0 amide bonds. The van der Waals surface area contributed by atoms with E-state index in [9.17, 15) is 0 Å². The summed E-state index contributed by atoms with van der Waals surface area (Å²) in [5.74, 6) is 0.740. The van der Waals surface area contributed by atoms with E-state index in [0.29, 0.717) is 15.5 Å². The molecule has 0 aromatic carbocycles. The number of aromatic nitrogens is 1. The third-order valence-electron chi connectivity index (χ3n) is 3.16. The lowest BCUT2D eigenvalue weighted by Crippen LogP contribution is -2.40. The molecule has 3 N–H and O–H groups in total. The Morgan fingerprint density at radius 2 is 2.38 bits per heavy atom. The second-order valence-electron chi connectivity index (χ2n) is 4.19. The SMILES string of the molecule is CSC1(CNc2ncc(Cl)cc2N)CCC1. The number of hydrogen-bond acceptors (Lipinski definition) is 4. The zero-order chi connectivity index (χ0) is 11.6. The highest BCUT2D eigenvalue weighted by molar-refractivity contribution is 8.00. The van der Waals surface area contributed by atoms with Crippen LogP contribution in [0.2, 0.25) is 5.02 Å². The minimum Gasteiger partial charge on any atom is -0.396 e. The number of hydrogen-bond donors (Lipinski definition) is 2. The lowest BCUT2D eigenvalue weighted by atomic mass is 9.84. The molecule has 0 spiro atoms. The number of pyridine rings is 1. The summed E-state index contributed by atoms with van der Waals surface area (Å²) in [5.41, 5.74) is 6.45. The zero-order valence-electron chi connectivity index (χ0n) is 9.29. The molecule has 88 valence electrons. The Bertz CT molecular complexity index is 374. The first-order valence-corrected chi connectivity index (χ1v) is 6.95. The van der Waals surface area contributed by atoms with Gasteiger partial charge in [0.15, 0.2) is 0 Å². The molecule has 0 bridgehead atoms. The molecule has 1 aliphatic rings. The zero-order valence-corrected chi connectivity index (χ0v) is 10.9. The standard InChI is InChI=1S/C11H16ClN3S/c1-16-11(3-2-4-11)7-15-10-9(13)5-8(12)6-14-10/h5-6H,2-4,7,13H2,1H3,(H,14,15). The molecule has 16 heavy (non-hydrogen) atoms. The Kier molecular flexibility index (Phi) is 3.50. The molecule has 2 rings (SSSR count). The van der Waals surface area contributed by atoms with Crippen LogP contribution in [0, 0.1) is 0 Å². The molecule has 0 aliphatic heterocycles. The molecule has 5 heteroatoms. The van der Waals surface area contributed by atoms with Crippen molar-refractivity contribution in [2.45, 2.75) is 24.0 Å². The van der Waals surface area contributed by atoms with E-state index in [1.807, 2.05) is 11.8 Å². The van der Waals surface area contributed by atoms with E-state index >= 15 is 0 Å². The summed E-state index contributed by atoms with van der Waals surface area (Å²) in [4.78, 5) is 4.20. The summed E-state index contributed by atoms with van der Waals surface area (Å²) in [6.07, 6.45) is 7.65. The van der Waals surface area contributed by atoms with Crippen molar-refractivity contribution in [2.75, 3.05) is 23.9 Å². The van der Waals surface area contributed by atoms with Gasteiger partial charge in [0.25, 0.3) is 0 Å². The van der Waals surface area contributed by atoms with Crippen molar-refractivity contribution in [1.82, 2.24) is 4.98 Å². The fourth-order valence-electron chi connectivity index (χ4n) is 1.87.